The van der Waals surface area contributed by atoms with Crippen LogP contribution in [0.2, 0.25) is 0 Å². The topological polar surface area (TPSA) is 47.3 Å². The van der Waals surface area contributed by atoms with Gasteiger partial charge in [0.25, 0.3) is 0 Å². The van der Waals surface area contributed by atoms with Crippen LogP contribution in [0.3, 0.4) is 0 Å². The van der Waals surface area contributed by atoms with Crippen molar-refractivity contribution >= 4 is 0 Å². The second kappa shape index (κ2) is 3.70. The fourth-order valence-corrected chi connectivity index (χ4v) is 1.43. The summed E-state index contributed by atoms with van der Waals surface area (Å²) in [6.07, 6.45) is 1.25. The van der Waals surface area contributed by atoms with Crippen LogP contribution in [0.4, 0.5) is 0 Å². The van der Waals surface area contributed by atoms with Crippen LogP contribution in [0.15, 0.2) is 0 Å². The molecule has 1 rings (SSSR count). The van der Waals surface area contributed by atoms with E-state index in [1.165, 1.54) is 0 Å². The molecule has 1 fully saturated rings. The highest BCUT2D eigenvalue weighted by Crippen LogP contribution is 2.13. The quantitative estimate of drug-likeness (QED) is 0.624. The Balaban J connectivity index is 2.32. The van der Waals surface area contributed by atoms with Gasteiger partial charge in [0.2, 0.25) is 0 Å². The van der Waals surface area contributed by atoms with Crippen molar-refractivity contribution in [2.24, 2.45) is 0 Å². The van der Waals surface area contributed by atoms with E-state index in [2.05, 4.69) is 11.0 Å². The summed E-state index contributed by atoms with van der Waals surface area (Å²) in [4.78, 5) is 2.16. The first-order chi connectivity index (χ1) is 5.24. The molecule has 3 heteroatoms. The molecule has 0 aromatic carbocycles. The third kappa shape index (κ3) is 2.18. The monoisotopic (exact) mass is 154 g/mol. The number of likely N-dealkylation sites (tertiary alicyclic amines) is 1. The Kier molecular flexibility index (Phi) is 2.86. The number of aliphatic hydroxyl groups is 1. The van der Waals surface area contributed by atoms with Gasteiger partial charge in [-0.25, -0.2) is 0 Å². The maximum atomic E-state index is 9.19. The van der Waals surface area contributed by atoms with Gasteiger partial charge in [-0.3, -0.25) is 4.90 Å². The first-order valence-electron chi connectivity index (χ1n) is 4.03. The number of β-amino-alcohol motifs (C(OH)–C–C–N with tert-alkyl or cyclic N) is 1. The van der Waals surface area contributed by atoms with Crippen LogP contribution in [0.5, 0.6) is 0 Å². The van der Waals surface area contributed by atoms with E-state index in [0.29, 0.717) is 12.5 Å². The molecule has 0 aliphatic carbocycles. The van der Waals surface area contributed by atoms with E-state index in [1.807, 2.05) is 6.92 Å². The first-order valence-corrected chi connectivity index (χ1v) is 4.03. The molecule has 0 amide bonds. The molecule has 1 saturated heterocycles. The van der Waals surface area contributed by atoms with Crippen LogP contribution in [0.1, 0.15) is 19.8 Å². The van der Waals surface area contributed by atoms with Gasteiger partial charge < -0.3 is 5.11 Å². The van der Waals surface area contributed by atoms with Gasteiger partial charge >= 0.3 is 0 Å². The van der Waals surface area contributed by atoms with Gasteiger partial charge in [0.05, 0.1) is 18.6 Å². The zero-order chi connectivity index (χ0) is 8.27. The van der Waals surface area contributed by atoms with Gasteiger partial charge in [-0.05, 0) is 13.3 Å². The largest absolute Gasteiger partial charge is 0.392 e. The number of aliphatic hydroxyl groups excluding tert-OH is 1. The molecule has 2 unspecified atom stereocenters. The lowest BCUT2D eigenvalue weighted by atomic mass is 10.2. The molecule has 1 N–H and O–H groups in total. The molecule has 0 aromatic rings. The molecule has 11 heavy (non-hydrogen) atoms. The number of hydrogen-bond acceptors (Lipinski definition) is 3. The van der Waals surface area contributed by atoms with Gasteiger partial charge in [-0.15, -0.1) is 0 Å². The van der Waals surface area contributed by atoms with Crippen molar-refractivity contribution in [1.82, 2.24) is 4.90 Å². The smallest absolute Gasteiger partial charge is 0.0679 e. The fourth-order valence-electron chi connectivity index (χ4n) is 1.43. The first kappa shape index (κ1) is 8.51. The third-order valence-electron chi connectivity index (χ3n) is 2.20. The standard InChI is InChI=1S/C8H14N2O/c1-7(2-4-9)10-5-3-8(11)6-10/h7-8,11H,2-3,5-6H2,1H3. The predicted octanol–water partition coefficient (Wildman–Crippen LogP) is 0.355. The Labute approximate surface area is 67.2 Å². The SMILES string of the molecule is CC(CC#N)N1CCC(O)C1. The van der Waals surface area contributed by atoms with Crippen molar-refractivity contribution in [1.29, 1.82) is 5.26 Å². The molecule has 2 atom stereocenters. The maximum absolute atomic E-state index is 9.19. The van der Waals surface area contributed by atoms with Crippen LogP contribution in [0, 0.1) is 11.3 Å². The summed E-state index contributed by atoms with van der Waals surface area (Å²) in [7, 11) is 0. The Morgan fingerprint density at radius 2 is 2.55 bits per heavy atom. The van der Waals surface area contributed by atoms with E-state index < -0.39 is 0 Å². The van der Waals surface area contributed by atoms with Crippen molar-refractivity contribution < 1.29 is 5.11 Å². The van der Waals surface area contributed by atoms with Gasteiger partial charge in [0.1, 0.15) is 0 Å². The van der Waals surface area contributed by atoms with Crippen LogP contribution >= 0.6 is 0 Å². The summed E-state index contributed by atoms with van der Waals surface area (Å²) in [5.74, 6) is 0. The molecule has 3 nitrogen and oxygen atoms in total. The molecule has 0 saturated carbocycles. The highest BCUT2D eigenvalue weighted by Gasteiger charge is 2.23. The molecule has 62 valence electrons. The van der Waals surface area contributed by atoms with E-state index in [0.717, 1.165) is 19.5 Å². The van der Waals surface area contributed by atoms with E-state index in [1.54, 1.807) is 0 Å². The van der Waals surface area contributed by atoms with Gasteiger partial charge in [0, 0.05) is 19.1 Å². The number of rotatable bonds is 2. The Bertz CT molecular complexity index is 164. The zero-order valence-electron chi connectivity index (χ0n) is 6.82. The van der Waals surface area contributed by atoms with Crippen LogP contribution in [0.25, 0.3) is 0 Å². The minimum Gasteiger partial charge on any atom is -0.392 e. The van der Waals surface area contributed by atoms with E-state index in [4.69, 9.17) is 5.26 Å². The lowest BCUT2D eigenvalue weighted by molar-refractivity contribution is 0.163. The molecule has 0 aromatic heterocycles. The molecular formula is C8H14N2O. The zero-order valence-corrected chi connectivity index (χ0v) is 6.82. The van der Waals surface area contributed by atoms with Crippen molar-refractivity contribution in [3.63, 3.8) is 0 Å². The normalized spacial score (nSPS) is 28.3. The van der Waals surface area contributed by atoms with Gasteiger partial charge in [0.15, 0.2) is 0 Å². The number of hydrogen-bond donors (Lipinski definition) is 1. The third-order valence-corrected chi connectivity index (χ3v) is 2.20. The minimum absolute atomic E-state index is 0.170. The van der Waals surface area contributed by atoms with Crippen molar-refractivity contribution in [3.05, 3.63) is 0 Å². The van der Waals surface area contributed by atoms with Crippen molar-refractivity contribution in [2.45, 2.75) is 31.9 Å². The van der Waals surface area contributed by atoms with E-state index >= 15 is 0 Å². The van der Waals surface area contributed by atoms with E-state index in [-0.39, 0.29) is 6.10 Å². The van der Waals surface area contributed by atoms with Crippen LogP contribution in [-0.2, 0) is 0 Å². The Morgan fingerprint density at radius 1 is 1.82 bits per heavy atom. The number of nitriles is 1. The van der Waals surface area contributed by atoms with Crippen LogP contribution < -0.4 is 0 Å². The van der Waals surface area contributed by atoms with Gasteiger partial charge in [-0.1, -0.05) is 0 Å². The van der Waals surface area contributed by atoms with Gasteiger partial charge in [-0.2, -0.15) is 5.26 Å². The molecule has 0 spiro atoms. The number of nitrogens with zero attached hydrogens (tertiary/aromatic N) is 2. The molecule has 0 bridgehead atoms. The lowest BCUT2D eigenvalue weighted by Gasteiger charge is -2.20. The molecule has 1 heterocycles. The summed E-state index contributed by atoms with van der Waals surface area (Å²) in [5, 5.41) is 17.6. The summed E-state index contributed by atoms with van der Waals surface area (Å²) in [6.45, 7) is 3.70. The highest BCUT2D eigenvalue weighted by molar-refractivity contribution is 4.84. The average Bonchev–Trinajstić information content (AvgIpc) is 2.36. The molecule has 1 aliphatic heterocycles. The lowest BCUT2D eigenvalue weighted by Crippen LogP contribution is -2.31. The predicted molar refractivity (Wildman–Crippen MR) is 41.9 cm³/mol. The van der Waals surface area contributed by atoms with Crippen molar-refractivity contribution in [2.75, 3.05) is 13.1 Å². The summed E-state index contributed by atoms with van der Waals surface area (Å²) in [5.41, 5.74) is 0. The van der Waals surface area contributed by atoms with E-state index in [9.17, 15) is 5.11 Å². The minimum atomic E-state index is -0.170. The molecule has 1 aliphatic rings. The summed E-state index contributed by atoms with van der Waals surface area (Å²) in [6, 6.07) is 2.44. The summed E-state index contributed by atoms with van der Waals surface area (Å²) >= 11 is 0. The average molecular weight is 154 g/mol. The highest BCUT2D eigenvalue weighted by atomic mass is 16.3. The molecule has 0 radical (unpaired) electrons. The Hall–Kier alpha value is -0.590. The summed E-state index contributed by atoms with van der Waals surface area (Å²) < 4.78 is 0. The second-order valence-corrected chi connectivity index (χ2v) is 3.15. The van der Waals surface area contributed by atoms with Crippen molar-refractivity contribution in [3.8, 4) is 6.07 Å². The Morgan fingerprint density at radius 3 is 3.00 bits per heavy atom. The van der Waals surface area contributed by atoms with Crippen LogP contribution in [-0.4, -0.2) is 35.2 Å². The fraction of sp³-hybridized carbons (Fsp3) is 0.875. The molecular weight excluding hydrogens is 140 g/mol. The maximum Gasteiger partial charge on any atom is 0.0679 e. The second-order valence-electron chi connectivity index (χ2n) is 3.15.